The van der Waals surface area contributed by atoms with E-state index in [1.54, 1.807) is 11.8 Å². The molecule has 4 aliphatic rings. The lowest BCUT2D eigenvalue weighted by atomic mass is 9.68. The molecular formula is C32H24ClFN2O3S2. The zero-order valence-electron chi connectivity index (χ0n) is 21.7. The van der Waals surface area contributed by atoms with Gasteiger partial charge in [-0.2, -0.15) is 0 Å². The monoisotopic (exact) mass is 602 g/mol. The van der Waals surface area contributed by atoms with E-state index < -0.39 is 17.7 Å². The Morgan fingerprint density at radius 2 is 1.54 bits per heavy atom. The van der Waals surface area contributed by atoms with Crippen molar-refractivity contribution in [2.75, 3.05) is 4.90 Å². The number of anilines is 1. The largest absolute Gasteiger partial charge is 0.308 e. The van der Waals surface area contributed by atoms with Crippen LogP contribution in [0.5, 0.6) is 0 Å². The summed E-state index contributed by atoms with van der Waals surface area (Å²) in [6, 6.07) is 23.4. The van der Waals surface area contributed by atoms with Gasteiger partial charge in [0.25, 0.3) is 0 Å². The number of carbonyl (C=O) groups is 2. The van der Waals surface area contributed by atoms with Crippen LogP contribution in [0.4, 0.5) is 10.1 Å². The van der Waals surface area contributed by atoms with E-state index in [2.05, 4.69) is 0 Å². The van der Waals surface area contributed by atoms with Gasteiger partial charge in [-0.15, -0.1) is 11.8 Å². The molecule has 4 aromatic rings. The second kappa shape index (κ2) is 9.41. The predicted molar refractivity (Wildman–Crippen MR) is 158 cm³/mol. The van der Waals surface area contributed by atoms with Gasteiger partial charge in [0, 0.05) is 21.1 Å². The maximum atomic E-state index is 13.9. The molecule has 2 amide bonds. The number of halogens is 2. The minimum absolute atomic E-state index is 0.00692. The van der Waals surface area contributed by atoms with Crippen molar-refractivity contribution in [1.29, 1.82) is 0 Å². The van der Waals surface area contributed by atoms with Crippen LogP contribution in [0.25, 0.3) is 0 Å². The first-order valence-electron chi connectivity index (χ1n) is 13.7. The molecule has 5 nitrogen and oxygen atoms in total. The Labute approximate surface area is 249 Å². The second-order valence-corrected chi connectivity index (χ2v) is 14.0. The number of carbonyl (C=O) groups excluding carboxylic acids is 2. The Hall–Kier alpha value is -3.20. The van der Waals surface area contributed by atoms with Crippen LogP contribution in [0, 0.1) is 35.4 Å². The standard InChI is InChI=1S/C32H24ClFN2O3S2/c33-18-8-6-17(7-9-18)23-24-21-14-22(26-25(21)29(37)36(30(26)38)20-12-10-19(34)11-13-20)27(24)40-31-28(23)41-32(39)35(31)15-16-4-2-1-3-5-16/h1-13,21-27H,14-15H2. The summed E-state index contributed by atoms with van der Waals surface area (Å²) in [6.07, 6.45) is 0.814. The maximum absolute atomic E-state index is 13.9. The number of thiazole rings is 1. The molecule has 3 heterocycles. The number of aromatic nitrogens is 1. The Bertz CT molecular complexity index is 1750. The highest BCUT2D eigenvalue weighted by atomic mass is 35.5. The van der Waals surface area contributed by atoms with Crippen LogP contribution in [-0.4, -0.2) is 21.6 Å². The van der Waals surface area contributed by atoms with E-state index in [0.29, 0.717) is 17.3 Å². The summed E-state index contributed by atoms with van der Waals surface area (Å²) >= 11 is 9.30. The third-order valence-electron chi connectivity index (χ3n) is 9.45. The number of imide groups is 1. The molecule has 0 N–H and O–H groups in total. The minimum Gasteiger partial charge on any atom is -0.289 e. The Morgan fingerprint density at radius 3 is 2.24 bits per heavy atom. The molecule has 41 heavy (non-hydrogen) atoms. The molecule has 3 aromatic carbocycles. The molecule has 2 bridgehead atoms. The zero-order chi connectivity index (χ0) is 28.0. The fraction of sp³-hybridized carbons (Fsp3) is 0.281. The van der Waals surface area contributed by atoms with Crippen molar-refractivity contribution in [2.45, 2.75) is 29.2 Å². The van der Waals surface area contributed by atoms with Gasteiger partial charge in [-0.1, -0.05) is 65.4 Å². The number of amides is 2. The summed E-state index contributed by atoms with van der Waals surface area (Å²) in [5.74, 6) is -1.50. The molecule has 1 aromatic heterocycles. The average Bonchev–Trinajstić information content (AvgIpc) is 3.69. The van der Waals surface area contributed by atoms with Crippen molar-refractivity contribution >= 4 is 52.2 Å². The highest BCUT2D eigenvalue weighted by molar-refractivity contribution is 8.00. The van der Waals surface area contributed by atoms with Crippen LogP contribution >= 0.6 is 34.7 Å². The summed E-state index contributed by atoms with van der Waals surface area (Å²) in [5, 5.41) is 1.71. The van der Waals surface area contributed by atoms with Crippen molar-refractivity contribution in [1.82, 2.24) is 4.57 Å². The number of nitrogens with zero attached hydrogens (tertiary/aromatic N) is 2. The molecule has 9 heteroatoms. The fourth-order valence-corrected chi connectivity index (χ4v) is 11.2. The van der Waals surface area contributed by atoms with Gasteiger partial charge in [0.15, 0.2) is 0 Å². The van der Waals surface area contributed by atoms with E-state index in [-0.39, 0.29) is 45.6 Å². The summed E-state index contributed by atoms with van der Waals surface area (Å²) < 4.78 is 15.5. The van der Waals surface area contributed by atoms with Crippen LogP contribution in [-0.2, 0) is 16.1 Å². The van der Waals surface area contributed by atoms with Gasteiger partial charge in [-0.25, -0.2) is 4.39 Å². The third-order valence-corrected chi connectivity index (χ3v) is 12.5. The Balaban J connectivity index is 1.23. The molecule has 2 aliphatic heterocycles. The Kier molecular flexibility index (Phi) is 5.85. The average molecular weight is 603 g/mol. The van der Waals surface area contributed by atoms with E-state index in [1.807, 2.05) is 59.2 Å². The van der Waals surface area contributed by atoms with Gasteiger partial charge in [0.1, 0.15) is 5.82 Å². The van der Waals surface area contributed by atoms with Crippen molar-refractivity contribution in [3.8, 4) is 0 Å². The summed E-state index contributed by atoms with van der Waals surface area (Å²) in [5.41, 5.74) is 2.56. The SMILES string of the molecule is O=C1C2C3CC(C2C(=O)N1c1ccc(F)cc1)C1C(c2ccc(Cl)cc2)c2sc(=O)n(Cc4ccccc4)c2SC31. The van der Waals surface area contributed by atoms with Crippen molar-refractivity contribution in [2.24, 2.45) is 29.6 Å². The van der Waals surface area contributed by atoms with E-state index in [9.17, 15) is 18.8 Å². The number of rotatable bonds is 4. The highest BCUT2D eigenvalue weighted by Gasteiger charge is 2.69. The van der Waals surface area contributed by atoms with Gasteiger partial charge >= 0.3 is 4.87 Å². The lowest BCUT2D eigenvalue weighted by Gasteiger charge is -2.43. The van der Waals surface area contributed by atoms with Crippen LogP contribution in [0.1, 0.15) is 28.3 Å². The molecule has 8 rings (SSSR count). The van der Waals surface area contributed by atoms with Crippen LogP contribution in [0.3, 0.4) is 0 Å². The van der Waals surface area contributed by atoms with Gasteiger partial charge in [-0.05, 0) is 71.7 Å². The molecular weight excluding hydrogens is 579 g/mol. The lowest BCUT2D eigenvalue weighted by molar-refractivity contribution is -0.123. The molecule has 7 atom stereocenters. The van der Waals surface area contributed by atoms with Crippen molar-refractivity contribution in [3.63, 3.8) is 0 Å². The topological polar surface area (TPSA) is 59.4 Å². The first-order valence-corrected chi connectivity index (χ1v) is 15.8. The smallest absolute Gasteiger partial charge is 0.289 e. The summed E-state index contributed by atoms with van der Waals surface area (Å²) in [4.78, 5) is 43.5. The van der Waals surface area contributed by atoms with Gasteiger partial charge in [0.05, 0.1) is 29.1 Å². The minimum atomic E-state index is -0.408. The molecule has 0 spiro atoms. The predicted octanol–water partition coefficient (Wildman–Crippen LogP) is 6.43. The second-order valence-electron chi connectivity index (χ2n) is 11.4. The molecule has 3 fully saturated rings. The van der Waals surface area contributed by atoms with Crippen molar-refractivity contribution in [3.05, 3.63) is 115 Å². The quantitative estimate of drug-likeness (QED) is 0.253. The van der Waals surface area contributed by atoms with Crippen LogP contribution in [0.2, 0.25) is 5.02 Å². The van der Waals surface area contributed by atoms with E-state index in [1.165, 1.54) is 40.5 Å². The number of fused-ring (bicyclic) bond motifs is 9. The van der Waals surface area contributed by atoms with E-state index >= 15 is 0 Å². The molecule has 1 saturated heterocycles. The summed E-state index contributed by atoms with van der Waals surface area (Å²) in [6.45, 7) is 0.485. The molecule has 206 valence electrons. The first-order chi connectivity index (χ1) is 19.9. The van der Waals surface area contributed by atoms with E-state index in [4.69, 9.17) is 11.6 Å². The first kappa shape index (κ1) is 25.5. The molecule has 2 saturated carbocycles. The summed E-state index contributed by atoms with van der Waals surface area (Å²) in [7, 11) is 0. The molecule has 2 aliphatic carbocycles. The lowest BCUT2D eigenvalue weighted by Crippen LogP contribution is -2.43. The van der Waals surface area contributed by atoms with E-state index in [0.717, 1.165) is 27.5 Å². The Morgan fingerprint density at radius 1 is 0.854 bits per heavy atom. The van der Waals surface area contributed by atoms with Gasteiger partial charge in [0.2, 0.25) is 11.8 Å². The van der Waals surface area contributed by atoms with Crippen LogP contribution in [0.15, 0.2) is 88.7 Å². The van der Waals surface area contributed by atoms with Crippen LogP contribution < -0.4 is 9.77 Å². The van der Waals surface area contributed by atoms with Crippen molar-refractivity contribution < 1.29 is 14.0 Å². The fourth-order valence-electron chi connectivity index (χ4n) is 7.91. The normalized spacial score (nSPS) is 29.5. The van der Waals surface area contributed by atoms with Gasteiger partial charge in [-0.3, -0.25) is 23.9 Å². The third kappa shape index (κ3) is 3.76. The zero-order valence-corrected chi connectivity index (χ0v) is 24.0. The highest BCUT2D eigenvalue weighted by Crippen LogP contribution is 2.69. The molecule has 0 radical (unpaired) electrons. The number of thioether (sulfide) groups is 1. The number of hydrogen-bond acceptors (Lipinski definition) is 5. The van der Waals surface area contributed by atoms with Gasteiger partial charge < -0.3 is 0 Å². The number of hydrogen-bond donors (Lipinski definition) is 0. The maximum Gasteiger partial charge on any atom is 0.308 e. The molecule has 7 unspecified atom stereocenters. The number of benzene rings is 3.